The maximum atomic E-state index is 4.43. The largest absolute Gasteiger partial charge is 0.355 e. The fourth-order valence-electron chi connectivity index (χ4n) is 2.93. The van der Waals surface area contributed by atoms with E-state index < -0.39 is 0 Å². The number of rotatable bonds is 7. The highest BCUT2D eigenvalue weighted by Gasteiger charge is 2.18. The van der Waals surface area contributed by atoms with E-state index in [-0.39, 0.29) is 24.0 Å². The molecule has 0 spiro atoms. The molecule has 3 heterocycles. The number of guanidine groups is 1. The van der Waals surface area contributed by atoms with Gasteiger partial charge in [0.25, 0.3) is 0 Å². The average molecular weight is 516 g/mol. The van der Waals surface area contributed by atoms with Crippen LogP contribution in [0.3, 0.4) is 0 Å². The van der Waals surface area contributed by atoms with Gasteiger partial charge in [-0.25, -0.2) is 15.0 Å². The van der Waals surface area contributed by atoms with E-state index in [2.05, 4.69) is 47.3 Å². The number of nitrogens with one attached hydrogen (secondary N) is 2. The summed E-state index contributed by atoms with van der Waals surface area (Å²) in [7, 11) is 1.80. The summed E-state index contributed by atoms with van der Waals surface area (Å²) in [6, 6.07) is 1.85. The Hall–Kier alpha value is -1.53. The van der Waals surface area contributed by atoms with Crippen LogP contribution in [0.2, 0.25) is 0 Å². The van der Waals surface area contributed by atoms with Gasteiger partial charge in [0.15, 0.2) is 5.96 Å². The fraction of sp³-hybridized carbons (Fsp3) is 0.556. The van der Waals surface area contributed by atoms with Crippen LogP contribution in [0, 0.1) is 0 Å². The van der Waals surface area contributed by atoms with Gasteiger partial charge < -0.3 is 15.5 Å². The Morgan fingerprint density at radius 2 is 1.89 bits per heavy atom. The number of aromatic nitrogens is 3. The van der Waals surface area contributed by atoms with E-state index in [4.69, 9.17) is 0 Å². The zero-order valence-corrected chi connectivity index (χ0v) is 19.6. The number of hydrogen-bond donors (Lipinski definition) is 2. The van der Waals surface area contributed by atoms with Crippen LogP contribution >= 0.6 is 35.3 Å². The van der Waals surface area contributed by atoms with E-state index in [9.17, 15) is 0 Å². The van der Waals surface area contributed by atoms with Crippen molar-refractivity contribution >= 4 is 47.2 Å². The molecule has 0 amide bonds. The maximum absolute atomic E-state index is 4.43. The molecule has 0 unspecified atom stereocenters. The monoisotopic (exact) mass is 516 g/mol. The first kappa shape index (κ1) is 22.8. The van der Waals surface area contributed by atoms with Crippen molar-refractivity contribution in [1.29, 1.82) is 0 Å². The van der Waals surface area contributed by atoms with E-state index >= 15 is 0 Å². The van der Waals surface area contributed by atoms with E-state index in [1.165, 1.54) is 4.88 Å². The van der Waals surface area contributed by atoms with Gasteiger partial charge in [-0.15, -0.1) is 35.3 Å². The van der Waals surface area contributed by atoms with Crippen LogP contribution in [0.15, 0.2) is 29.6 Å². The lowest BCUT2D eigenvalue weighted by atomic mass is 10.3. The quantitative estimate of drug-likeness (QED) is 0.329. The second kappa shape index (κ2) is 12.1. The summed E-state index contributed by atoms with van der Waals surface area (Å²) < 4.78 is 0. The summed E-state index contributed by atoms with van der Waals surface area (Å²) in [4.78, 5) is 23.4. The number of anilines is 1. The van der Waals surface area contributed by atoms with Crippen LogP contribution in [0.1, 0.15) is 16.8 Å². The molecule has 8 nitrogen and oxygen atoms in total. The number of nitrogens with zero attached hydrogens (tertiary/aromatic N) is 6. The first-order chi connectivity index (χ1) is 13.3. The Morgan fingerprint density at radius 1 is 1.14 bits per heavy atom. The predicted octanol–water partition coefficient (Wildman–Crippen LogP) is 1.60. The summed E-state index contributed by atoms with van der Waals surface area (Å²) in [5.41, 5.74) is 0. The Kier molecular flexibility index (Phi) is 9.85. The van der Waals surface area contributed by atoms with Crippen molar-refractivity contribution in [2.45, 2.75) is 19.9 Å². The number of aliphatic imine (C=N–C) groups is 1. The number of piperazine rings is 1. The van der Waals surface area contributed by atoms with Gasteiger partial charge in [-0.3, -0.25) is 9.89 Å². The molecule has 1 saturated heterocycles. The molecule has 2 aromatic heterocycles. The van der Waals surface area contributed by atoms with Crippen LogP contribution < -0.4 is 15.5 Å². The second-order valence-electron chi connectivity index (χ2n) is 6.30. The molecule has 2 N–H and O–H groups in total. The van der Waals surface area contributed by atoms with E-state index in [1.54, 1.807) is 30.8 Å². The molecule has 1 fully saturated rings. The Morgan fingerprint density at radius 3 is 2.54 bits per heavy atom. The molecule has 0 aliphatic carbocycles. The van der Waals surface area contributed by atoms with Gasteiger partial charge in [0.2, 0.25) is 5.95 Å². The SMILES string of the molecule is CCc1cnc(CNC(=NC)NCCN2CCN(c3ncccn3)CC2)s1.I. The van der Waals surface area contributed by atoms with Crippen molar-refractivity contribution in [1.82, 2.24) is 30.5 Å². The number of aryl methyl sites for hydroxylation is 1. The number of hydrogen-bond acceptors (Lipinski definition) is 7. The van der Waals surface area contributed by atoms with Crippen LogP contribution in [0.25, 0.3) is 0 Å². The van der Waals surface area contributed by atoms with Gasteiger partial charge in [0.1, 0.15) is 5.01 Å². The molecule has 3 rings (SSSR count). The molecule has 0 saturated carbocycles. The average Bonchev–Trinajstić information content (AvgIpc) is 3.20. The van der Waals surface area contributed by atoms with Crippen LogP contribution in [0.5, 0.6) is 0 Å². The minimum Gasteiger partial charge on any atom is -0.355 e. The molecule has 28 heavy (non-hydrogen) atoms. The summed E-state index contributed by atoms with van der Waals surface area (Å²) in [6.45, 7) is 8.66. The first-order valence-corrected chi connectivity index (χ1v) is 10.2. The number of halogens is 1. The molecular weight excluding hydrogens is 487 g/mol. The minimum atomic E-state index is 0. The molecule has 1 aliphatic heterocycles. The van der Waals surface area contributed by atoms with E-state index in [0.29, 0.717) is 6.54 Å². The highest BCUT2D eigenvalue weighted by molar-refractivity contribution is 14.0. The lowest BCUT2D eigenvalue weighted by molar-refractivity contribution is 0.260. The van der Waals surface area contributed by atoms with Gasteiger partial charge in [0, 0.05) is 69.8 Å². The van der Waals surface area contributed by atoms with Crippen molar-refractivity contribution in [2.75, 3.05) is 51.2 Å². The Balaban J connectivity index is 0.00000280. The number of thiazole rings is 1. The lowest BCUT2D eigenvalue weighted by Gasteiger charge is -2.34. The normalized spacial score (nSPS) is 15.2. The zero-order chi connectivity index (χ0) is 18.9. The molecule has 1 aliphatic rings. The van der Waals surface area contributed by atoms with Gasteiger partial charge in [-0.05, 0) is 12.5 Å². The van der Waals surface area contributed by atoms with Gasteiger partial charge in [-0.1, -0.05) is 6.92 Å². The molecule has 0 aromatic carbocycles. The molecule has 2 aromatic rings. The molecule has 10 heteroatoms. The summed E-state index contributed by atoms with van der Waals surface area (Å²) in [5.74, 6) is 1.65. The van der Waals surface area contributed by atoms with Crippen molar-refractivity contribution < 1.29 is 0 Å². The summed E-state index contributed by atoms with van der Waals surface area (Å²) in [6.07, 6.45) is 6.59. The first-order valence-electron chi connectivity index (χ1n) is 9.41. The topological polar surface area (TPSA) is 81.6 Å². The Labute approximate surface area is 187 Å². The zero-order valence-electron chi connectivity index (χ0n) is 16.5. The molecule has 0 bridgehead atoms. The third kappa shape index (κ3) is 6.82. The molecule has 154 valence electrons. The van der Waals surface area contributed by atoms with Crippen LogP contribution in [-0.2, 0) is 13.0 Å². The third-order valence-electron chi connectivity index (χ3n) is 4.51. The van der Waals surface area contributed by atoms with E-state index in [1.807, 2.05) is 12.3 Å². The van der Waals surface area contributed by atoms with Gasteiger partial charge in [-0.2, -0.15) is 0 Å². The van der Waals surface area contributed by atoms with Crippen molar-refractivity contribution in [3.8, 4) is 0 Å². The minimum absolute atomic E-state index is 0. The van der Waals surface area contributed by atoms with Crippen molar-refractivity contribution in [2.24, 2.45) is 4.99 Å². The van der Waals surface area contributed by atoms with Crippen LogP contribution in [0.4, 0.5) is 5.95 Å². The standard InChI is InChI=1S/C18H28N8S.HI/c1-3-15-13-23-16(27-15)14-24-17(19-2)20-7-8-25-9-11-26(12-10-25)18-21-5-4-6-22-18;/h4-6,13H,3,7-12,14H2,1-2H3,(H2,19,20,24);1H. The molecule has 0 atom stereocenters. The third-order valence-corrected chi connectivity index (χ3v) is 5.65. The smallest absolute Gasteiger partial charge is 0.225 e. The Bertz CT molecular complexity index is 715. The highest BCUT2D eigenvalue weighted by atomic mass is 127. The van der Waals surface area contributed by atoms with Gasteiger partial charge >= 0.3 is 0 Å². The summed E-state index contributed by atoms with van der Waals surface area (Å²) >= 11 is 1.75. The lowest BCUT2D eigenvalue weighted by Crippen LogP contribution is -2.49. The van der Waals surface area contributed by atoms with Crippen LogP contribution in [-0.4, -0.2) is 72.1 Å². The fourth-order valence-corrected chi connectivity index (χ4v) is 3.73. The molecule has 0 radical (unpaired) electrons. The second-order valence-corrected chi connectivity index (χ2v) is 7.50. The molecular formula is C18H29IN8S. The highest BCUT2D eigenvalue weighted by Crippen LogP contribution is 2.12. The predicted molar refractivity (Wildman–Crippen MR) is 126 cm³/mol. The maximum Gasteiger partial charge on any atom is 0.225 e. The van der Waals surface area contributed by atoms with E-state index in [0.717, 1.165) is 62.6 Å². The van der Waals surface area contributed by atoms with Crippen molar-refractivity contribution in [3.05, 3.63) is 34.5 Å². The van der Waals surface area contributed by atoms with Crippen molar-refractivity contribution in [3.63, 3.8) is 0 Å². The summed E-state index contributed by atoms with van der Waals surface area (Å²) in [5, 5.41) is 7.81. The van der Waals surface area contributed by atoms with Gasteiger partial charge in [0.05, 0.1) is 6.54 Å².